The van der Waals surface area contributed by atoms with Crippen LogP contribution in [-0.2, 0) is 9.59 Å². The first-order valence-corrected chi connectivity index (χ1v) is 13.0. The molecule has 36 heavy (non-hydrogen) atoms. The SMILES string of the molecule is CCC(CC)C(=O)Nc1ccc(C(=O)Nc2nnc(C3CC(=O)N(c4ccc(C)c(C)c4)C3)s2)cc1. The second-order valence-corrected chi connectivity index (χ2v) is 10.2. The molecule has 4 rings (SSSR count). The first kappa shape index (κ1) is 25.5. The number of benzene rings is 2. The quantitative estimate of drug-likeness (QED) is 0.432. The van der Waals surface area contributed by atoms with Crippen LogP contribution in [0.25, 0.3) is 0 Å². The van der Waals surface area contributed by atoms with E-state index in [1.54, 1.807) is 29.2 Å². The Morgan fingerprint density at radius 1 is 1.03 bits per heavy atom. The molecule has 188 valence electrons. The van der Waals surface area contributed by atoms with Crippen molar-refractivity contribution in [2.24, 2.45) is 5.92 Å². The van der Waals surface area contributed by atoms with E-state index < -0.39 is 0 Å². The Kier molecular flexibility index (Phi) is 7.79. The van der Waals surface area contributed by atoms with Crippen LogP contribution in [0.15, 0.2) is 42.5 Å². The minimum Gasteiger partial charge on any atom is -0.326 e. The number of nitrogens with one attached hydrogen (secondary N) is 2. The zero-order valence-corrected chi connectivity index (χ0v) is 21.8. The van der Waals surface area contributed by atoms with E-state index >= 15 is 0 Å². The minimum absolute atomic E-state index is 0.0138. The Morgan fingerprint density at radius 2 is 1.75 bits per heavy atom. The Bertz CT molecular complexity index is 1270. The maximum absolute atomic E-state index is 12.7. The fraction of sp³-hybridized carbons (Fsp3) is 0.370. The average molecular weight is 506 g/mol. The van der Waals surface area contributed by atoms with Gasteiger partial charge in [-0.25, -0.2) is 0 Å². The van der Waals surface area contributed by atoms with Gasteiger partial charge < -0.3 is 10.2 Å². The summed E-state index contributed by atoms with van der Waals surface area (Å²) in [5.41, 5.74) is 4.33. The summed E-state index contributed by atoms with van der Waals surface area (Å²) in [6.45, 7) is 8.60. The van der Waals surface area contributed by atoms with E-state index in [-0.39, 0.29) is 29.6 Å². The molecule has 0 aliphatic carbocycles. The first-order valence-electron chi connectivity index (χ1n) is 12.2. The van der Waals surface area contributed by atoms with Gasteiger partial charge in [0, 0.05) is 41.7 Å². The van der Waals surface area contributed by atoms with Gasteiger partial charge in [-0.3, -0.25) is 19.7 Å². The highest BCUT2D eigenvalue weighted by atomic mass is 32.1. The summed E-state index contributed by atoms with van der Waals surface area (Å²) in [6.07, 6.45) is 1.93. The Labute approximate surface area is 215 Å². The highest BCUT2D eigenvalue weighted by molar-refractivity contribution is 7.15. The molecular formula is C27H31N5O3S. The van der Waals surface area contributed by atoms with Crippen LogP contribution < -0.4 is 15.5 Å². The van der Waals surface area contributed by atoms with Gasteiger partial charge in [0.2, 0.25) is 16.9 Å². The highest BCUT2D eigenvalue weighted by Gasteiger charge is 2.34. The molecule has 2 heterocycles. The lowest BCUT2D eigenvalue weighted by Crippen LogP contribution is -2.24. The number of hydrogen-bond acceptors (Lipinski definition) is 6. The molecule has 1 aliphatic rings. The maximum Gasteiger partial charge on any atom is 0.257 e. The Balaban J connectivity index is 1.36. The number of hydrogen-bond donors (Lipinski definition) is 2. The van der Waals surface area contributed by atoms with Crippen molar-refractivity contribution < 1.29 is 14.4 Å². The Morgan fingerprint density at radius 3 is 2.42 bits per heavy atom. The van der Waals surface area contributed by atoms with Crippen LogP contribution in [-0.4, -0.2) is 34.5 Å². The van der Waals surface area contributed by atoms with E-state index in [9.17, 15) is 14.4 Å². The summed E-state index contributed by atoms with van der Waals surface area (Å²) in [5, 5.41) is 15.2. The third kappa shape index (κ3) is 5.62. The third-order valence-electron chi connectivity index (χ3n) is 6.71. The fourth-order valence-corrected chi connectivity index (χ4v) is 5.07. The van der Waals surface area contributed by atoms with Crippen molar-refractivity contribution in [3.8, 4) is 0 Å². The zero-order valence-electron chi connectivity index (χ0n) is 21.0. The van der Waals surface area contributed by atoms with Crippen LogP contribution in [0.4, 0.5) is 16.5 Å². The lowest BCUT2D eigenvalue weighted by atomic mass is 10.0. The second kappa shape index (κ2) is 11.0. The Hall–Kier alpha value is -3.59. The number of anilines is 3. The lowest BCUT2D eigenvalue weighted by Gasteiger charge is -2.17. The zero-order chi connectivity index (χ0) is 25.8. The van der Waals surface area contributed by atoms with E-state index in [0.717, 1.165) is 29.1 Å². The maximum atomic E-state index is 12.7. The number of amides is 3. The summed E-state index contributed by atoms with van der Waals surface area (Å²) in [4.78, 5) is 39.4. The topological polar surface area (TPSA) is 104 Å². The molecule has 1 aromatic heterocycles. The first-order chi connectivity index (χ1) is 17.3. The number of carbonyl (C=O) groups is 3. The van der Waals surface area contributed by atoms with Gasteiger partial charge in [0.25, 0.3) is 5.91 Å². The molecule has 3 aromatic rings. The molecule has 3 amide bonds. The molecule has 1 fully saturated rings. The van der Waals surface area contributed by atoms with Crippen molar-refractivity contribution in [2.75, 3.05) is 22.1 Å². The standard InChI is InChI=1S/C27H31N5O3S/c1-5-18(6-2)24(34)28-21-10-8-19(9-11-21)25(35)29-27-31-30-26(36-27)20-14-23(33)32(15-20)22-12-7-16(3)17(4)13-22/h7-13,18,20H,5-6,14-15H2,1-4H3,(H,28,34)(H,29,31,35). The predicted molar refractivity (Wildman–Crippen MR) is 143 cm³/mol. The van der Waals surface area contributed by atoms with E-state index in [1.807, 2.05) is 45.9 Å². The van der Waals surface area contributed by atoms with Crippen LogP contribution in [0.2, 0.25) is 0 Å². The molecule has 2 aromatic carbocycles. The van der Waals surface area contributed by atoms with Crippen molar-refractivity contribution in [3.05, 3.63) is 64.2 Å². The molecule has 0 saturated carbocycles. The van der Waals surface area contributed by atoms with Crippen LogP contribution >= 0.6 is 11.3 Å². The van der Waals surface area contributed by atoms with Gasteiger partial charge in [-0.1, -0.05) is 31.3 Å². The van der Waals surface area contributed by atoms with Gasteiger partial charge >= 0.3 is 0 Å². The molecule has 9 heteroatoms. The average Bonchev–Trinajstić information content (AvgIpc) is 3.48. The van der Waals surface area contributed by atoms with E-state index in [1.165, 1.54) is 16.9 Å². The smallest absolute Gasteiger partial charge is 0.257 e. The third-order valence-corrected chi connectivity index (χ3v) is 7.71. The molecular weight excluding hydrogens is 474 g/mol. The molecule has 2 N–H and O–H groups in total. The van der Waals surface area contributed by atoms with E-state index in [4.69, 9.17) is 0 Å². The molecule has 0 bridgehead atoms. The van der Waals surface area contributed by atoms with Crippen LogP contribution in [0.3, 0.4) is 0 Å². The van der Waals surface area contributed by atoms with E-state index in [0.29, 0.717) is 29.3 Å². The van der Waals surface area contributed by atoms with Crippen molar-refractivity contribution in [1.82, 2.24) is 10.2 Å². The van der Waals surface area contributed by atoms with Gasteiger partial charge in [0.15, 0.2) is 0 Å². The van der Waals surface area contributed by atoms with Crippen molar-refractivity contribution in [2.45, 2.75) is 52.9 Å². The van der Waals surface area contributed by atoms with Crippen molar-refractivity contribution >= 4 is 45.6 Å². The van der Waals surface area contributed by atoms with E-state index in [2.05, 4.69) is 20.8 Å². The van der Waals surface area contributed by atoms with Crippen LogP contribution in [0.1, 0.15) is 65.5 Å². The molecule has 8 nitrogen and oxygen atoms in total. The predicted octanol–water partition coefficient (Wildman–Crippen LogP) is 5.30. The summed E-state index contributed by atoms with van der Waals surface area (Å²) >= 11 is 1.29. The number of nitrogens with zero attached hydrogens (tertiary/aromatic N) is 3. The molecule has 1 aliphatic heterocycles. The molecule has 1 atom stereocenters. The van der Waals surface area contributed by atoms with Gasteiger partial charge in [0.1, 0.15) is 5.01 Å². The highest BCUT2D eigenvalue weighted by Crippen LogP contribution is 2.35. The minimum atomic E-state index is -0.310. The number of aromatic nitrogens is 2. The summed E-state index contributed by atoms with van der Waals surface area (Å²) in [7, 11) is 0. The second-order valence-electron chi connectivity index (χ2n) is 9.15. The van der Waals surface area contributed by atoms with Gasteiger partial charge in [-0.15, -0.1) is 10.2 Å². The van der Waals surface area contributed by atoms with Crippen LogP contribution in [0, 0.1) is 19.8 Å². The van der Waals surface area contributed by atoms with Crippen molar-refractivity contribution in [3.63, 3.8) is 0 Å². The van der Waals surface area contributed by atoms with Gasteiger partial charge in [0.05, 0.1) is 0 Å². The molecule has 0 radical (unpaired) electrons. The normalized spacial score (nSPS) is 15.4. The van der Waals surface area contributed by atoms with Crippen LogP contribution in [0.5, 0.6) is 0 Å². The monoisotopic (exact) mass is 505 g/mol. The lowest BCUT2D eigenvalue weighted by molar-refractivity contribution is -0.120. The van der Waals surface area contributed by atoms with Gasteiger partial charge in [-0.05, 0) is 74.2 Å². The fourth-order valence-electron chi connectivity index (χ4n) is 4.24. The summed E-state index contributed by atoms with van der Waals surface area (Å²) in [6, 6.07) is 12.8. The molecule has 1 saturated heterocycles. The summed E-state index contributed by atoms with van der Waals surface area (Å²) in [5.74, 6) is -0.363. The summed E-state index contributed by atoms with van der Waals surface area (Å²) < 4.78 is 0. The largest absolute Gasteiger partial charge is 0.326 e. The number of aryl methyl sites for hydroxylation is 2. The molecule has 0 spiro atoms. The molecule has 1 unspecified atom stereocenters. The van der Waals surface area contributed by atoms with Gasteiger partial charge in [-0.2, -0.15) is 0 Å². The van der Waals surface area contributed by atoms with Crippen molar-refractivity contribution in [1.29, 1.82) is 0 Å². The number of carbonyl (C=O) groups excluding carboxylic acids is 3. The number of rotatable bonds is 8.